The van der Waals surface area contributed by atoms with E-state index >= 15 is 0 Å². The molecule has 0 amide bonds. The first kappa shape index (κ1) is 26.4. The number of pyridine rings is 1. The Morgan fingerprint density at radius 1 is 1.00 bits per heavy atom. The smallest absolute Gasteiger partial charge is 0.339 e. The lowest BCUT2D eigenvalue weighted by Gasteiger charge is -2.30. The van der Waals surface area contributed by atoms with E-state index in [1.807, 2.05) is 0 Å². The molecule has 0 radical (unpaired) electrons. The van der Waals surface area contributed by atoms with Crippen LogP contribution in [0.3, 0.4) is 0 Å². The third-order valence-electron chi connectivity index (χ3n) is 5.34. The van der Waals surface area contributed by atoms with Crippen molar-refractivity contribution in [3.8, 4) is 0 Å². The van der Waals surface area contributed by atoms with Crippen molar-refractivity contribution < 1.29 is 33.5 Å². The lowest BCUT2D eigenvalue weighted by Crippen LogP contribution is -2.33. The van der Waals surface area contributed by atoms with Gasteiger partial charge in [-0.15, -0.1) is 0 Å². The van der Waals surface area contributed by atoms with Gasteiger partial charge in [0.15, 0.2) is 0 Å². The van der Waals surface area contributed by atoms with E-state index in [-0.39, 0.29) is 46.3 Å². The molecule has 188 valence electrons. The molecule has 0 aliphatic carbocycles. The van der Waals surface area contributed by atoms with Crippen LogP contribution in [0, 0.1) is 10.1 Å². The molecule has 1 aromatic heterocycles. The number of esters is 3. The Balaban J connectivity index is 1.84. The van der Waals surface area contributed by atoms with Crippen LogP contribution in [0.4, 0.5) is 5.69 Å². The van der Waals surface area contributed by atoms with Crippen molar-refractivity contribution in [1.82, 2.24) is 10.3 Å². The minimum atomic E-state index is -1.13. The summed E-state index contributed by atoms with van der Waals surface area (Å²) in [6.07, 6.45) is 1.25. The van der Waals surface area contributed by atoms with Gasteiger partial charge in [0.25, 0.3) is 5.69 Å². The highest BCUT2D eigenvalue weighted by Gasteiger charge is 2.40. The number of para-hydroxylation sites is 1. The summed E-state index contributed by atoms with van der Waals surface area (Å²) in [4.78, 5) is 52.9. The van der Waals surface area contributed by atoms with Crippen LogP contribution in [0.1, 0.15) is 35.7 Å². The zero-order chi connectivity index (χ0) is 26.4. The minimum absolute atomic E-state index is 0.0106. The molecule has 1 aromatic carbocycles. The van der Waals surface area contributed by atoms with E-state index in [0.717, 1.165) is 0 Å². The summed E-state index contributed by atoms with van der Waals surface area (Å²) in [6, 6.07) is 8.67. The number of allylic oxidation sites excluding steroid dienone is 2. The monoisotopic (exact) mass is 515 g/mol. The molecular weight excluding hydrogens is 494 g/mol. The van der Waals surface area contributed by atoms with Crippen molar-refractivity contribution in [2.24, 2.45) is 0 Å². The van der Waals surface area contributed by atoms with E-state index in [1.165, 1.54) is 43.6 Å². The molecule has 3 rings (SSSR count). The first-order valence-corrected chi connectivity index (χ1v) is 11.0. The number of carbonyl (C=O) groups excluding carboxylic acids is 3. The number of benzene rings is 1. The second kappa shape index (κ2) is 11.5. The number of halogens is 1. The molecule has 12 heteroatoms. The zero-order valence-corrected chi connectivity index (χ0v) is 20.3. The highest BCUT2D eigenvalue weighted by Crippen LogP contribution is 2.42. The normalized spacial score (nSPS) is 15.2. The van der Waals surface area contributed by atoms with E-state index in [9.17, 15) is 24.5 Å². The second-order valence-electron chi connectivity index (χ2n) is 7.58. The molecule has 0 fully saturated rings. The van der Waals surface area contributed by atoms with Crippen LogP contribution >= 0.6 is 11.6 Å². The van der Waals surface area contributed by atoms with Gasteiger partial charge in [0.2, 0.25) is 0 Å². The van der Waals surface area contributed by atoms with Crippen molar-refractivity contribution in [1.29, 1.82) is 0 Å². The van der Waals surface area contributed by atoms with E-state index in [4.69, 9.17) is 25.8 Å². The van der Waals surface area contributed by atoms with Gasteiger partial charge in [-0.05, 0) is 26.0 Å². The Labute approximate surface area is 210 Å². The quantitative estimate of drug-likeness (QED) is 0.138. The van der Waals surface area contributed by atoms with Gasteiger partial charge in [-0.3, -0.25) is 10.1 Å². The summed E-state index contributed by atoms with van der Waals surface area (Å²) >= 11 is 5.70. The number of nitrogens with zero attached hydrogens (tertiary/aromatic N) is 2. The van der Waals surface area contributed by atoms with Crippen molar-refractivity contribution >= 4 is 35.2 Å². The zero-order valence-electron chi connectivity index (χ0n) is 19.6. The van der Waals surface area contributed by atoms with Crippen LogP contribution in [0.5, 0.6) is 0 Å². The lowest BCUT2D eigenvalue weighted by molar-refractivity contribution is -0.385. The Kier molecular flexibility index (Phi) is 8.38. The topological polar surface area (TPSA) is 147 Å². The van der Waals surface area contributed by atoms with Crippen LogP contribution in [0.25, 0.3) is 0 Å². The van der Waals surface area contributed by atoms with Crippen LogP contribution in [0.15, 0.2) is 65.1 Å². The standard InChI is InChI=1S/C24H22ClN3O8/c1-13-19(23(30)34-3)21(16-6-4-5-7-17(16)28(32)33)20(14(2)27-13)24(31)36-11-10-35-22(29)15-8-9-18(25)26-12-15/h4-9,12,21,27H,10-11H2,1-3H3. The molecule has 0 spiro atoms. The fourth-order valence-electron chi connectivity index (χ4n) is 3.78. The highest BCUT2D eigenvalue weighted by atomic mass is 35.5. The molecule has 1 N–H and O–H groups in total. The maximum Gasteiger partial charge on any atom is 0.339 e. The third-order valence-corrected chi connectivity index (χ3v) is 5.57. The lowest BCUT2D eigenvalue weighted by atomic mass is 9.79. The van der Waals surface area contributed by atoms with Gasteiger partial charge < -0.3 is 19.5 Å². The molecule has 2 aromatic rings. The van der Waals surface area contributed by atoms with Crippen molar-refractivity contribution in [3.63, 3.8) is 0 Å². The number of hydrogen-bond acceptors (Lipinski definition) is 10. The number of aromatic nitrogens is 1. The number of methoxy groups -OCH3 is 1. The van der Waals surface area contributed by atoms with E-state index in [2.05, 4.69) is 10.3 Å². The summed E-state index contributed by atoms with van der Waals surface area (Å²) in [7, 11) is 1.17. The first-order chi connectivity index (χ1) is 17.1. The molecule has 1 aliphatic heterocycles. The number of nitrogens with one attached hydrogen (secondary N) is 1. The average Bonchev–Trinajstić information content (AvgIpc) is 2.85. The number of dihydropyridines is 1. The number of ether oxygens (including phenoxy) is 3. The van der Waals surface area contributed by atoms with Crippen LogP contribution in [-0.2, 0) is 23.8 Å². The Bertz CT molecular complexity index is 1270. The summed E-state index contributed by atoms with van der Waals surface area (Å²) in [5, 5.41) is 14.9. The third kappa shape index (κ3) is 5.69. The number of carbonyl (C=O) groups is 3. The Hall–Kier alpha value is -4.25. The van der Waals surface area contributed by atoms with Gasteiger partial charge in [0.05, 0.1) is 34.7 Å². The van der Waals surface area contributed by atoms with Crippen molar-refractivity contribution in [2.75, 3.05) is 20.3 Å². The molecule has 11 nitrogen and oxygen atoms in total. The highest BCUT2D eigenvalue weighted by molar-refractivity contribution is 6.29. The predicted molar refractivity (Wildman–Crippen MR) is 127 cm³/mol. The van der Waals surface area contributed by atoms with E-state index in [1.54, 1.807) is 19.9 Å². The maximum absolute atomic E-state index is 13.2. The fourth-order valence-corrected chi connectivity index (χ4v) is 3.89. The Morgan fingerprint density at radius 2 is 1.61 bits per heavy atom. The van der Waals surface area contributed by atoms with Gasteiger partial charge in [0.1, 0.15) is 18.4 Å². The predicted octanol–water partition coefficient (Wildman–Crippen LogP) is 3.45. The van der Waals surface area contributed by atoms with E-state index < -0.39 is 28.7 Å². The van der Waals surface area contributed by atoms with Crippen LogP contribution in [0.2, 0.25) is 5.15 Å². The second-order valence-corrected chi connectivity index (χ2v) is 7.97. The van der Waals surface area contributed by atoms with Crippen molar-refractivity contribution in [3.05, 3.63) is 91.5 Å². The molecule has 36 heavy (non-hydrogen) atoms. The molecular formula is C24H22ClN3O8. The fraction of sp³-hybridized carbons (Fsp3) is 0.250. The average molecular weight is 516 g/mol. The van der Waals surface area contributed by atoms with Crippen molar-refractivity contribution in [2.45, 2.75) is 19.8 Å². The molecule has 1 aliphatic rings. The summed E-state index contributed by atoms with van der Waals surface area (Å²) in [6.45, 7) is 2.62. The molecule has 0 bridgehead atoms. The van der Waals surface area contributed by atoms with Gasteiger partial charge in [-0.25, -0.2) is 19.4 Å². The van der Waals surface area contributed by atoms with Crippen LogP contribution < -0.4 is 5.32 Å². The summed E-state index contributed by atoms with van der Waals surface area (Å²) < 4.78 is 15.3. The van der Waals surface area contributed by atoms with E-state index in [0.29, 0.717) is 11.4 Å². The van der Waals surface area contributed by atoms with Crippen LogP contribution in [-0.4, -0.2) is 48.1 Å². The SMILES string of the molecule is COC(=O)C1=C(C)NC(C)=C(C(=O)OCCOC(=O)c2ccc(Cl)nc2)C1c1ccccc1[N+](=O)[O-]. The number of nitro benzene ring substituents is 1. The van der Waals surface area contributed by atoms with Gasteiger partial charge in [0, 0.05) is 29.2 Å². The number of nitro groups is 1. The minimum Gasteiger partial charge on any atom is -0.466 e. The molecule has 1 unspecified atom stereocenters. The molecule has 2 heterocycles. The first-order valence-electron chi connectivity index (χ1n) is 10.6. The molecule has 1 atom stereocenters. The summed E-state index contributed by atoms with van der Waals surface area (Å²) in [5.74, 6) is -3.42. The largest absolute Gasteiger partial charge is 0.466 e. The number of hydrogen-bond donors (Lipinski definition) is 1. The number of rotatable bonds is 8. The van der Waals surface area contributed by atoms with Gasteiger partial charge in [-0.1, -0.05) is 29.8 Å². The van der Waals surface area contributed by atoms with Gasteiger partial charge >= 0.3 is 17.9 Å². The molecule has 0 saturated heterocycles. The Morgan fingerprint density at radius 3 is 2.19 bits per heavy atom. The summed E-state index contributed by atoms with van der Waals surface area (Å²) in [5.41, 5.74) is 0.760. The molecule has 0 saturated carbocycles. The maximum atomic E-state index is 13.2. The van der Waals surface area contributed by atoms with Gasteiger partial charge in [-0.2, -0.15) is 0 Å².